The smallest absolute Gasteiger partial charge is 0.337 e. The van der Waals surface area contributed by atoms with Gasteiger partial charge in [0.05, 0.1) is 5.56 Å². The fourth-order valence-electron chi connectivity index (χ4n) is 3.23. The summed E-state index contributed by atoms with van der Waals surface area (Å²) in [5, 5.41) is 0. The summed E-state index contributed by atoms with van der Waals surface area (Å²) in [7, 11) is 0. The molecule has 0 N–H and O–H groups in total. The molecule has 11 heteroatoms. The third kappa shape index (κ3) is 4.76. The maximum Gasteiger partial charge on any atom is 0.416 e. The summed E-state index contributed by atoms with van der Waals surface area (Å²) in [6.07, 6.45) is 0.705. The Morgan fingerprint density at radius 3 is 2.32 bits per heavy atom. The van der Waals surface area contributed by atoms with E-state index < -0.39 is 11.7 Å². The number of carbonyl (C=O) groups is 1. The van der Waals surface area contributed by atoms with Crippen molar-refractivity contribution in [3.63, 3.8) is 0 Å². The molecule has 0 bridgehead atoms. The molecule has 2 amide bonds. The lowest BCUT2D eigenvalue weighted by atomic mass is 10.2. The van der Waals surface area contributed by atoms with Crippen LogP contribution in [0.15, 0.2) is 53.9 Å². The van der Waals surface area contributed by atoms with Gasteiger partial charge in [-0.1, -0.05) is 0 Å². The lowest BCUT2D eigenvalue weighted by Crippen LogP contribution is -2.48. The minimum atomic E-state index is -4.40. The van der Waals surface area contributed by atoms with Crippen LogP contribution in [0.5, 0.6) is 0 Å². The summed E-state index contributed by atoms with van der Waals surface area (Å²) in [5.74, 6) is 0.626. The normalized spacial score (nSPS) is 15.4. The minimum Gasteiger partial charge on any atom is -0.337 e. The highest BCUT2D eigenvalue weighted by Gasteiger charge is 2.30. The van der Waals surface area contributed by atoms with E-state index in [2.05, 4.69) is 15.0 Å². The predicted molar refractivity (Wildman–Crippen MR) is 110 cm³/mol. The van der Waals surface area contributed by atoms with Gasteiger partial charge >= 0.3 is 12.2 Å². The highest BCUT2D eigenvalue weighted by molar-refractivity contribution is 7.09. The molecule has 1 saturated heterocycles. The summed E-state index contributed by atoms with van der Waals surface area (Å²) < 4.78 is 40.1. The van der Waals surface area contributed by atoms with Crippen molar-refractivity contribution in [2.45, 2.75) is 13.1 Å². The van der Waals surface area contributed by atoms with E-state index in [9.17, 15) is 18.0 Å². The number of urea groups is 1. The first kappa shape index (κ1) is 21.0. The molecule has 0 saturated carbocycles. The number of thiazole rings is 1. The van der Waals surface area contributed by atoms with Gasteiger partial charge in [-0.25, -0.2) is 14.8 Å². The van der Waals surface area contributed by atoms with Gasteiger partial charge in [0.15, 0.2) is 4.80 Å². The molecule has 0 aliphatic carbocycles. The first-order valence-corrected chi connectivity index (χ1v) is 10.4. The number of benzene rings is 1. The summed E-state index contributed by atoms with van der Waals surface area (Å²) in [6.45, 7) is 3.99. The van der Waals surface area contributed by atoms with E-state index in [-0.39, 0.29) is 6.03 Å². The van der Waals surface area contributed by atoms with Crippen LogP contribution in [0.3, 0.4) is 0 Å². The number of rotatable bonds is 2. The second kappa shape index (κ2) is 8.50. The fourth-order valence-corrected chi connectivity index (χ4v) is 4.06. The van der Waals surface area contributed by atoms with Crippen molar-refractivity contribution in [2.24, 2.45) is 4.99 Å². The van der Waals surface area contributed by atoms with Gasteiger partial charge in [0.25, 0.3) is 0 Å². The maximum atomic E-state index is 12.8. The summed E-state index contributed by atoms with van der Waals surface area (Å²) in [6, 6.07) is 6.15. The average molecular weight is 448 g/mol. The average Bonchev–Trinajstić information content (AvgIpc) is 3.14. The molecule has 1 aliphatic rings. The first-order chi connectivity index (χ1) is 14.8. The Kier molecular flexibility index (Phi) is 5.77. The van der Waals surface area contributed by atoms with Gasteiger partial charge < -0.3 is 9.80 Å². The Morgan fingerprint density at radius 2 is 1.71 bits per heavy atom. The molecule has 0 spiro atoms. The number of amides is 2. The molecule has 162 valence electrons. The molecule has 1 aliphatic heterocycles. The van der Waals surface area contributed by atoms with Crippen molar-refractivity contribution in [3.8, 4) is 5.69 Å². The van der Waals surface area contributed by atoms with Crippen molar-refractivity contribution in [1.29, 1.82) is 0 Å². The lowest BCUT2D eigenvalue weighted by Gasteiger charge is -2.33. The topological polar surface area (TPSA) is 66.6 Å². The summed E-state index contributed by atoms with van der Waals surface area (Å²) in [5.41, 5.74) is -0.214. The van der Waals surface area contributed by atoms with Crippen LogP contribution in [0.2, 0.25) is 0 Å². The van der Waals surface area contributed by atoms with Crippen molar-refractivity contribution in [1.82, 2.24) is 19.4 Å². The number of carbonyl (C=O) groups excluding carboxylic acids is 1. The van der Waals surface area contributed by atoms with E-state index >= 15 is 0 Å². The number of hydrogen-bond acceptors (Lipinski definition) is 5. The van der Waals surface area contributed by atoms with Crippen LogP contribution in [-0.2, 0) is 6.18 Å². The highest BCUT2D eigenvalue weighted by Crippen LogP contribution is 2.29. The van der Waals surface area contributed by atoms with Gasteiger partial charge in [0, 0.05) is 55.3 Å². The van der Waals surface area contributed by atoms with E-state index in [1.807, 2.05) is 11.8 Å². The molecule has 3 heterocycles. The van der Waals surface area contributed by atoms with Gasteiger partial charge in [0.1, 0.15) is 0 Å². The number of nitrogens with zero attached hydrogens (tertiary/aromatic N) is 6. The number of halogens is 3. The molecule has 0 radical (unpaired) electrons. The lowest BCUT2D eigenvalue weighted by molar-refractivity contribution is -0.137. The standard InChI is InChI=1S/C20H19F3N6OS/c1-14-13-29(16-5-3-15(4-6-16)20(21,22)23)19(31-14)26-18(30)28-11-9-27(10-12-28)17-24-7-2-8-25-17/h2-8,13H,9-12H2,1H3/b26-19-. The Hall–Kier alpha value is -3.21. The molecule has 7 nitrogen and oxygen atoms in total. The van der Waals surface area contributed by atoms with Crippen molar-refractivity contribution < 1.29 is 18.0 Å². The molecule has 31 heavy (non-hydrogen) atoms. The van der Waals surface area contributed by atoms with E-state index in [0.717, 1.165) is 17.0 Å². The molecular formula is C20H19F3N6OS. The first-order valence-electron chi connectivity index (χ1n) is 9.53. The third-order valence-electron chi connectivity index (χ3n) is 4.82. The zero-order valence-corrected chi connectivity index (χ0v) is 17.4. The molecule has 0 unspecified atom stereocenters. The molecule has 3 aromatic rings. The number of anilines is 1. The van der Waals surface area contributed by atoms with Crippen LogP contribution in [0.25, 0.3) is 5.69 Å². The molecule has 4 rings (SSSR count). The SMILES string of the molecule is Cc1cn(-c2ccc(C(F)(F)F)cc2)/c(=N/C(=O)N2CCN(c3ncccn3)CC2)s1. The minimum absolute atomic E-state index is 0.379. The third-order valence-corrected chi connectivity index (χ3v) is 5.72. The van der Waals surface area contributed by atoms with E-state index in [1.165, 1.54) is 23.5 Å². The molecular weight excluding hydrogens is 429 g/mol. The zero-order chi connectivity index (χ0) is 22.0. The van der Waals surface area contributed by atoms with Gasteiger partial charge in [-0.3, -0.25) is 4.57 Å². The molecule has 1 fully saturated rings. The van der Waals surface area contributed by atoms with Crippen molar-refractivity contribution >= 4 is 23.3 Å². The van der Waals surface area contributed by atoms with Crippen LogP contribution < -0.4 is 9.70 Å². The number of alkyl halides is 3. The van der Waals surface area contributed by atoms with Crippen LogP contribution in [-0.4, -0.2) is 51.6 Å². The molecule has 1 aromatic carbocycles. The number of aryl methyl sites for hydroxylation is 1. The van der Waals surface area contributed by atoms with Crippen LogP contribution in [0.1, 0.15) is 10.4 Å². The second-order valence-corrected chi connectivity index (χ2v) is 8.17. The Morgan fingerprint density at radius 1 is 1.06 bits per heavy atom. The molecule has 0 atom stereocenters. The summed E-state index contributed by atoms with van der Waals surface area (Å²) >= 11 is 1.30. The Labute approximate surface area is 180 Å². The van der Waals surface area contributed by atoms with E-state index in [1.54, 1.807) is 34.1 Å². The largest absolute Gasteiger partial charge is 0.416 e. The van der Waals surface area contributed by atoms with Crippen molar-refractivity contribution in [2.75, 3.05) is 31.1 Å². The second-order valence-electron chi connectivity index (χ2n) is 6.96. The number of piperazine rings is 1. The number of hydrogen-bond donors (Lipinski definition) is 0. The van der Waals surface area contributed by atoms with Crippen LogP contribution >= 0.6 is 11.3 Å². The van der Waals surface area contributed by atoms with E-state index in [4.69, 9.17) is 0 Å². The summed E-state index contributed by atoms with van der Waals surface area (Å²) in [4.78, 5) is 30.4. The zero-order valence-electron chi connectivity index (χ0n) is 16.6. The quantitative estimate of drug-likeness (QED) is 0.602. The fraction of sp³-hybridized carbons (Fsp3) is 0.300. The Bertz CT molecular complexity index is 1120. The van der Waals surface area contributed by atoms with E-state index in [0.29, 0.717) is 42.6 Å². The predicted octanol–water partition coefficient (Wildman–Crippen LogP) is 3.50. The maximum absolute atomic E-state index is 12.8. The van der Waals surface area contributed by atoms with Gasteiger partial charge in [-0.2, -0.15) is 18.2 Å². The van der Waals surface area contributed by atoms with Crippen LogP contribution in [0, 0.1) is 6.92 Å². The van der Waals surface area contributed by atoms with Crippen molar-refractivity contribution in [3.05, 3.63) is 64.2 Å². The number of aromatic nitrogens is 3. The van der Waals surface area contributed by atoms with Gasteiger partial charge in [-0.05, 0) is 37.3 Å². The van der Waals surface area contributed by atoms with Gasteiger partial charge in [-0.15, -0.1) is 11.3 Å². The molecule has 2 aromatic heterocycles. The Balaban J connectivity index is 1.51. The monoisotopic (exact) mass is 448 g/mol. The van der Waals surface area contributed by atoms with Crippen LogP contribution in [0.4, 0.5) is 23.9 Å². The van der Waals surface area contributed by atoms with Gasteiger partial charge in [0.2, 0.25) is 5.95 Å². The highest BCUT2D eigenvalue weighted by atomic mass is 32.1.